The number of sulfonamides is 1. The smallest absolute Gasteiger partial charge is 0.217 e. The van der Waals surface area contributed by atoms with Crippen LogP contribution < -0.4 is 5.32 Å². The molecule has 1 heterocycles. The monoisotopic (exact) mass is 286 g/mol. The van der Waals surface area contributed by atoms with Gasteiger partial charge in [-0.05, 0) is 45.1 Å². The molecule has 0 spiro atoms. The maximum Gasteiger partial charge on any atom is 0.217 e. The number of hydrogen-bond donors (Lipinski definition) is 1. The van der Waals surface area contributed by atoms with Crippen LogP contribution in [0.5, 0.6) is 0 Å². The zero-order valence-corrected chi connectivity index (χ0v) is 12.5. The van der Waals surface area contributed by atoms with E-state index >= 15 is 0 Å². The number of nitrogens with one attached hydrogen (secondary N) is 1. The van der Waals surface area contributed by atoms with Gasteiger partial charge in [0, 0.05) is 18.6 Å². The van der Waals surface area contributed by atoms with Gasteiger partial charge in [-0.25, -0.2) is 8.42 Å². The van der Waals surface area contributed by atoms with Crippen LogP contribution in [0.1, 0.15) is 57.8 Å². The van der Waals surface area contributed by atoms with Crippen molar-refractivity contribution in [1.82, 2.24) is 9.62 Å². The van der Waals surface area contributed by atoms with Crippen LogP contribution in [0.3, 0.4) is 0 Å². The van der Waals surface area contributed by atoms with E-state index in [4.69, 9.17) is 0 Å². The molecule has 1 saturated heterocycles. The normalized spacial score (nSPS) is 30.1. The van der Waals surface area contributed by atoms with E-state index in [1.807, 2.05) is 4.31 Å². The molecule has 0 aromatic heterocycles. The largest absolute Gasteiger partial charge is 0.313 e. The average molecular weight is 286 g/mol. The van der Waals surface area contributed by atoms with Gasteiger partial charge in [0.2, 0.25) is 10.0 Å². The predicted molar refractivity (Wildman–Crippen MR) is 76.5 cm³/mol. The summed E-state index contributed by atoms with van der Waals surface area (Å²) < 4.78 is 27.6. The fourth-order valence-corrected chi connectivity index (χ4v) is 5.83. The number of nitrogens with zero attached hydrogens (tertiary/aromatic N) is 1. The molecule has 3 fully saturated rings. The van der Waals surface area contributed by atoms with Crippen LogP contribution in [0, 0.1) is 0 Å². The Balaban J connectivity index is 1.70. The summed E-state index contributed by atoms with van der Waals surface area (Å²) in [5.74, 6) is 0. The molecule has 1 atom stereocenters. The molecule has 19 heavy (non-hydrogen) atoms. The average Bonchev–Trinajstić information content (AvgIpc) is 3.13. The topological polar surface area (TPSA) is 49.4 Å². The molecule has 0 bridgehead atoms. The zero-order chi connectivity index (χ0) is 13.3. The van der Waals surface area contributed by atoms with Crippen molar-refractivity contribution >= 4 is 10.0 Å². The molecule has 1 aliphatic heterocycles. The van der Waals surface area contributed by atoms with E-state index in [0.29, 0.717) is 18.6 Å². The lowest BCUT2D eigenvalue weighted by Crippen LogP contribution is -2.46. The van der Waals surface area contributed by atoms with Crippen molar-refractivity contribution in [3.63, 3.8) is 0 Å². The molecule has 4 nitrogen and oxygen atoms in total. The fraction of sp³-hybridized carbons (Fsp3) is 1.00. The van der Waals surface area contributed by atoms with Gasteiger partial charge in [0.1, 0.15) is 0 Å². The summed E-state index contributed by atoms with van der Waals surface area (Å²) in [7, 11) is -3.06. The van der Waals surface area contributed by atoms with Gasteiger partial charge in [0.15, 0.2) is 0 Å². The predicted octanol–water partition coefficient (Wildman–Crippen LogP) is 1.87. The fourth-order valence-electron chi connectivity index (χ4n) is 3.51. The van der Waals surface area contributed by atoms with Gasteiger partial charge in [-0.1, -0.05) is 19.3 Å². The Morgan fingerprint density at radius 3 is 2.26 bits per heavy atom. The maximum atomic E-state index is 12.9. The highest BCUT2D eigenvalue weighted by Crippen LogP contribution is 2.34. The van der Waals surface area contributed by atoms with Crippen molar-refractivity contribution in [2.45, 2.75) is 75.1 Å². The molecule has 3 rings (SSSR count). The third-order valence-corrected chi connectivity index (χ3v) is 7.23. The molecule has 110 valence electrons. The van der Waals surface area contributed by atoms with Crippen LogP contribution >= 0.6 is 0 Å². The molecule has 0 amide bonds. The van der Waals surface area contributed by atoms with Crippen molar-refractivity contribution < 1.29 is 8.42 Å². The standard InChI is InChI=1S/C14H26N2O2S/c17-19(18,14-6-2-1-3-7-14)16(13-8-9-13)11-12-5-4-10-15-12/h12-15H,1-11H2. The quantitative estimate of drug-likeness (QED) is 0.839. The minimum Gasteiger partial charge on any atom is -0.313 e. The minimum absolute atomic E-state index is 0.0942. The van der Waals surface area contributed by atoms with E-state index in [9.17, 15) is 8.42 Å². The summed E-state index contributed by atoms with van der Waals surface area (Å²) in [6.45, 7) is 1.76. The third-order valence-electron chi connectivity index (χ3n) is 4.82. The summed E-state index contributed by atoms with van der Waals surface area (Å²) in [6.07, 6.45) is 9.59. The first-order valence-electron chi connectivity index (χ1n) is 7.92. The SMILES string of the molecule is O=S(=O)(C1CCCCC1)N(CC1CCCN1)C1CC1. The molecule has 2 saturated carbocycles. The minimum atomic E-state index is -3.06. The van der Waals surface area contributed by atoms with Gasteiger partial charge < -0.3 is 5.32 Å². The second-order valence-corrected chi connectivity index (χ2v) is 8.56. The van der Waals surface area contributed by atoms with Gasteiger partial charge in [-0.2, -0.15) is 4.31 Å². The summed E-state index contributed by atoms with van der Waals surface area (Å²) in [5.41, 5.74) is 0. The molecule has 1 N–H and O–H groups in total. The summed E-state index contributed by atoms with van der Waals surface area (Å²) in [5, 5.41) is 3.34. The van der Waals surface area contributed by atoms with E-state index in [0.717, 1.165) is 51.5 Å². The van der Waals surface area contributed by atoms with Crippen molar-refractivity contribution in [3.8, 4) is 0 Å². The van der Waals surface area contributed by atoms with Crippen LogP contribution in [0.25, 0.3) is 0 Å². The van der Waals surface area contributed by atoms with Crippen molar-refractivity contribution in [3.05, 3.63) is 0 Å². The molecule has 2 aliphatic carbocycles. The highest BCUT2D eigenvalue weighted by molar-refractivity contribution is 7.89. The van der Waals surface area contributed by atoms with E-state index < -0.39 is 10.0 Å². The molecule has 0 aromatic rings. The van der Waals surface area contributed by atoms with E-state index in [1.54, 1.807) is 0 Å². The Labute approximate surface area is 117 Å². The summed E-state index contributed by atoms with van der Waals surface area (Å²) in [6, 6.07) is 0.702. The van der Waals surface area contributed by atoms with Crippen molar-refractivity contribution in [2.75, 3.05) is 13.1 Å². The molecular weight excluding hydrogens is 260 g/mol. The molecule has 0 aromatic carbocycles. The van der Waals surface area contributed by atoms with Gasteiger partial charge in [0.05, 0.1) is 5.25 Å². The zero-order valence-electron chi connectivity index (χ0n) is 11.7. The molecular formula is C14H26N2O2S. The Hall–Kier alpha value is -0.130. The first-order chi connectivity index (χ1) is 9.18. The van der Waals surface area contributed by atoms with Gasteiger partial charge in [0.25, 0.3) is 0 Å². The molecule has 3 aliphatic rings. The van der Waals surface area contributed by atoms with Crippen LogP contribution in [0.4, 0.5) is 0 Å². The lowest BCUT2D eigenvalue weighted by Gasteiger charge is -2.31. The lowest BCUT2D eigenvalue weighted by atomic mass is 10.0. The van der Waals surface area contributed by atoms with Gasteiger partial charge in [-0.15, -0.1) is 0 Å². The number of rotatable bonds is 5. The lowest BCUT2D eigenvalue weighted by molar-refractivity contribution is 0.349. The second kappa shape index (κ2) is 5.70. The first kappa shape index (κ1) is 13.8. The third kappa shape index (κ3) is 3.14. The van der Waals surface area contributed by atoms with Crippen molar-refractivity contribution in [2.24, 2.45) is 0 Å². The van der Waals surface area contributed by atoms with Crippen molar-refractivity contribution in [1.29, 1.82) is 0 Å². The summed E-state index contributed by atoms with van der Waals surface area (Å²) in [4.78, 5) is 0. The Bertz CT molecular complexity index is 394. The number of hydrogen-bond acceptors (Lipinski definition) is 3. The van der Waals surface area contributed by atoms with Gasteiger partial charge >= 0.3 is 0 Å². The van der Waals surface area contributed by atoms with E-state index in [2.05, 4.69) is 5.32 Å². The van der Waals surface area contributed by atoms with E-state index in [-0.39, 0.29) is 5.25 Å². The Kier molecular flexibility index (Phi) is 4.15. The molecule has 1 unspecified atom stereocenters. The Morgan fingerprint density at radius 1 is 0.947 bits per heavy atom. The van der Waals surface area contributed by atoms with Crippen LogP contribution in [0.15, 0.2) is 0 Å². The van der Waals surface area contributed by atoms with Crippen LogP contribution in [-0.2, 0) is 10.0 Å². The summed E-state index contributed by atoms with van der Waals surface area (Å²) >= 11 is 0. The first-order valence-corrected chi connectivity index (χ1v) is 9.42. The van der Waals surface area contributed by atoms with E-state index in [1.165, 1.54) is 12.8 Å². The van der Waals surface area contributed by atoms with Crippen LogP contribution in [0.2, 0.25) is 0 Å². The Morgan fingerprint density at radius 2 is 1.68 bits per heavy atom. The highest BCUT2D eigenvalue weighted by atomic mass is 32.2. The molecule has 5 heteroatoms. The maximum absolute atomic E-state index is 12.9. The van der Waals surface area contributed by atoms with Gasteiger partial charge in [-0.3, -0.25) is 0 Å². The van der Waals surface area contributed by atoms with Crippen LogP contribution in [-0.4, -0.2) is 43.1 Å². The second-order valence-electron chi connectivity index (χ2n) is 6.40. The molecule has 0 radical (unpaired) electrons. The highest BCUT2D eigenvalue weighted by Gasteiger charge is 2.42.